The molecule has 1 aliphatic rings. The van der Waals surface area contributed by atoms with Crippen LogP contribution in [0.1, 0.15) is 18.5 Å². The second-order valence-corrected chi connectivity index (χ2v) is 9.36. The number of carbonyl (C=O) groups is 1. The van der Waals surface area contributed by atoms with E-state index in [1.54, 1.807) is 49.4 Å². The molecule has 0 fully saturated rings. The highest BCUT2D eigenvalue weighted by Crippen LogP contribution is 2.32. The molecule has 33 heavy (non-hydrogen) atoms. The minimum Gasteiger partial charge on any atom is -0.486 e. The summed E-state index contributed by atoms with van der Waals surface area (Å²) in [6, 6.07) is 17.8. The standard InChI is InChI=1S/C24H23FN2O5S/c1-17(18-7-12-22-23(15-18)32-14-13-31-22)26-24(28)16-27(20-5-3-2-4-6-20)33(29,30)21-10-8-19(25)9-11-21/h2-12,15,17H,13-14,16H2,1H3,(H,26,28)/t17-/m1/s1. The normalized spacial score (nSPS) is 13.8. The quantitative estimate of drug-likeness (QED) is 0.570. The topological polar surface area (TPSA) is 84.9 Å². The summed E-state index contributed by atoms with van der Waals surface area (Å²) in [6.45, 7) is 2.28. The Morgan fingerprint density at radius 2 is 1.67 bits per heavy atom. The van der Waals surface area contributed by atoms with Gasteiger partial charge in [0.25, 0.3) is 10.0 Å². The van der Waals surface area contributed by atoms with E-state index in [4.69, 9.17) is 9.47 Å². The second kappa shape index (κ2) is 9.50. The molecule has 4 rings (SSSR count). The minimum atomic E-state index is -4.11. The van der Waals surface area contributed by atoms with Crippen LogP contribution >= 0.6 is 0 Å². The Kier molecular flexibility index (Phi) is 6.50. The molecule has 3 aromatic carbocycles. The van der Waals surface area contributed by atoms with Crippen LogP contribution in [0, 0.1) is 5.82 Å². The molecule has 0 aromatic heterocycles. The number of ether oxygens (including phenoxy) is 2. The molecule has 0 saturated carbocycles. The first kappa shape index (κ1) is 22.6. The van der Waals surface area contributed by atoms with E-state index in [0.717, 1.165) is 22.0 Å². The largest absolute Gasteiger partial charge is 0.486 e. The van der Waals surface area contributed by atoms with Gasteiger partial charge in [0.2, 0.25) is 5.91 Å². The third-order valence-corrected chi connectivity index (χ3v) is 6.96. The molecule has 9 heteroatoms. The molecule has 7 nitrogen and oxygen atoms in total. The monoisotopic (exact) mass is 470 g/mol. The minimum absolute atomic E-state index is 0.111. The fraction of sp³-hybridized carbons (Fsp3) is 0.208. The Balaban J connectivity index is 1.55. The van der Waals surface area contributed by atoms with Crippen molar-refractivity contribution in [3.63, 3.8) is 0 Å². The van der Waals surface area contributed by atoms with E-state index in [1.165, 1.54) is 12.1 Å². The average Bonchev–Trinajstić information content (AvgIpc) is 2.83. The van der Waals surface area contributed by atoms with Gasteiger partial charge < -0.3 is 14.8 Å². The van der Waals surface area contributed by atoms with E-state index in [9.17, 15) is 17.6 Å². The molecular weight excluding hydrogens is 447 g/mol. The zero-order valence-corrected chi connectivity index (χ0v) is 18.7. The van der Waals surface area contributed by atoms with Crippen LogP contribution < -0.4 is 19.1 Å². The molecule has 0 radical (unpaired) electrons. The van der Waals surface area contributed by atoms with Crippen LogP contribution in [0.2, 0.25) is 0 Å². The van der Waals surface area contributed by atoms with E-state index < -0.39 is 34.3 Å². The number of rotatable bonds is 7. The van der Waals surface area contributed by atoms with Gasteiger partial charge in [-0.05, 0) is 61.0 Å². The Hall–Kier alpha value is -3.59. The summed E-state index contributed by atoms with van der Waals surface area (Å²) in [5.74, 6) is 0.201. The van der Waals surface area contributed by atoms with Gasteiger partial charge in [0.1, 0.15) is 25.6 Å². The lowest BCUT2D eigenvalue weighted by Gasteiger charge is -2.25. The number of hydrogen-bond acceptors (Lipinski definition) is 5. The van der Waals surface area contributed by atoms with Crippen LogP contribution in [0.25, 0.3) is 0 Å². The molecule has 1 aliphatic heterocycles. The van der Waals surface area contributed by atoms with Crippen LogP contribution in [0.4, 0.5) is 10.1 Å². The van der Waals surface area contributed by atoms with Gasteiger partial charge in [0.05, 0.1) is 16.6 Å². The molecule has 0 unspecified atom stereocenters. The molecule has 0 aliphatic carbocycles. The van der Waals surface area contributed by atoms with Crippen LogP contribution in [-0.2, 0) is 14.8 Å². The Morgan fingerprint density at radius 1 is 1.00 bits per heavy atom. The number of halogens is 1. The fourth-order valence-corrected chi connectivity index (χ4v) is 4.89. The number of sulfonamides is 1. The van der Waals surface area contributed by atoms with Crippen molar-refractivity contribution in [2.75, 3.05) is 24.1 Å². The van der Waals surface area contributed by atoms with Gasteiger partial charge in [-0.3, -0.25) is 9.10 Å². The highest BCUT2D eigenvalue weighted by Gasteiger charge is 2.28. The number of carbonyl (C=O) groups excluding carboxylic acids is 1. The molecule has 1 heterocycles. The number of benzene rings is 3. The van der Waals surface area contributed by atoms with Crippen molar-refractivity contribution >= 4 is 21.6 Å². The van der Waals surface area contributed by atoms with Gasteiger partial charge in [-0.15, -0.1) is 0 Å². The summed E-state index contributed by atoms with van der Waals surface area (Å²) < 4.78 is 52.0. The van der Waals surface area contributed by atoms with Gasteiger partial charge in [-0.25, -0.2) is 12.8 Å². The van der Waals surface area contributed by atoms with E-state index >= 15 is 0 Å². The summed E-state index contributed by atoms with van der Waals surface area (Å²) in [4.78, 5) is 12.8. The maximum absolute atomic E-state index is 13.3. The molecule has 0 saturated heterocycles. The number of nitrogens with one attached hydrogen (secondary N) is 1. The molecule has 172 valence electrons. The van der Waals surface area contributed by atoms with Gasteiger partial charge >= 0.3 is 0 Å². The third-order valence-electron chi connectivity index (χ3n) is 5.18. The Bertz CT molecular complexity index is 1230. The summed E-state index contributed by atoms with van der Waals surface area (Å²) in [5, 5.41) is 2.83. The number of fused-ring (bicyclic) bond motifs is 1. The number of hydrogen-bond donors (Lipinski definition) is 1. The lowest BCUT2D eigenvalue weighted by molar-refractivity contribution is -0.120. The third kappa shape index (κ3) is 5.09. The van der Waals surface area contributed by atoms with E-state index in [0.29, 0.717) is 30.4 Å². The van der Waals surface area contributed by atoms with Crippen molar-refractivity contribution in [2.24, 2.45) is 0 Å². The molecular formula is C24H23FN2O5S. The highest BCUT2D eigenvalue weighted by atomic mass is 32.2. The Morgan fingerprint density at radius 3 is 2.36 bits per heavy atom. The number of nitrogens with zero attached hydrogens (tertiary/aromatic N) is 1. The molecule has 0 spiro atoms. The molecule has 0 bridgehead atoms. The fourth-order valence-electron chi connectivity index (χ4n) is 3.47. The zero-order chi connectivity index (χ0) is 23.4. The molecule has 1 amide bonds. The van der Waals surface area contributed by atoms with Crippen molar-refractivity contribution in [3.8, 4) is 11.5 Å². The lowest BCUT2D eigenvalue weighted by atomic mass is 10.1. The predicted molar refractivity (Wildman–Crippen MR) is 121 cm³/mol. The first-order chi connectivity index (χ1) is 15.8. The molecule has 1 N–H and O–H groups in total. The number of para-hydroxylation sites is 1. The maximum Gasteiger partial charge on any atom is 0.264 e. The van der Waals surface area contributed by atoms with Crippen molar-refractivity contribution in [1.29, 1.82) is 0 Å². The first-order valence-corrected chi connectivity index (χ1v) is 11.8. The van der Waals surface area contributed by atoms with Crippen LogP contribution in [0.3, 0.4) is 0 Å². The zero-order valence-electron chi connectivity index (χ0n) is 17.9. The van der Waals surface area contributed by atoms with Gasteiger partial charge in [-0.2, -0.15) is 0 Å². The van der Waals surface area contributed by atoms with Crippen LogP contribution in [0.15, 0.2) is 77.7 Å². The number of amides is 1. The highest BCUT2D eigenvalue weighted by molar-refractivity contribution is 7.92. The summed E-state index contributed by atoms with van der Waals surface area (Å²) >= 11 is 0. The number of anilines is 1. The van der Waals surface area contributed by atoms with E-state index in [-0.39, 0.29) is 4.90 Å². The maximum atomic E-state index is 13.3. The summed E-state index contributed by atoms with van der Waals surface area (Å²) in [5.41, 5.74) is 1.12. The predicted octanol–water partition coefficient (Wildman–Crippen LogP) is 3.67. The molecule has 3 aromatic rings. The van der Waals surface area contributed by atoms with E-state index in [1.807, 2.05) is 6.07 Å². The summed E-state index contributed by atoms with van der Waals surface area (Å²) in [7, 11) is -4.11. The Labute approximate surface area is 191 Å². The average molecular weight is 471 g/mol. The van der Waals surface area contributed by atoms with Gasteiger partial charge in [0, 0.05) is 0 Å². The smallest absolute Gasteiger partial charge is 0.264 e. The first-order valence-electron chi connectivity index (χ1n) is 10.4. The van der Waals surface area contributed by atoms with Gasteiger partial charge in [-0.1, -0.05) is 24.3 Å². The van der Waals surface area contributed by atoms with Crippen molar-refractivity contribution < 1.29 is 27.1 Å². The second-order valence-electron chi connectivity index (χ2n) is 7.49. The lowest BCUT2D eigenvalue weighted by Crippen LogP contribution is -2.41. The SMILES string of the molecule is C[C@@H](NC(=O)CN(c1ccccc1)S(=O)(=O)c1ccc(F)cc1)c1ccc2c(c1)OCCO2. The summed E-state index contributed by atoms with van der Waals surface area (Å²) in [6.07, 6.45) is 0. The van der Waals surface area contributed by atoms with Crippen LogP contribution in [-0.4, -0.2) is 34.1 Å². The van der Waals surface area contributed by atoms with Crippen molar-refractivity contribution in [3.05, 3.63) is 84.2 Å². The van der Waals surface area contributed by atoms with Crippen LogP contribution in [0.5, 0.6) is 11.5 Å². The van der Waals surface area contributed by atoms with Crippen molar-refractivity contribution in [1.82, 2.24) is 5.32 Å². The van der Waals surface area contributed by atoms with Crippen molar-refractivity contribution in [2.45, 2.75) is 17.9 Å². The molecule has 1 atom stereocenters. The van der Waals surface area contributed by atoms with Gasteiger partial charge in [0.15, 0.2) is 11.5 Å². The van der Waals surface area contributed by atoms with E-state index in [2.05, 4.69) is 5.32 Å².